The maximum atomic E-state index is 13.2. The zero-order valence-corrected chi connectivity index (χ0v) is 14.7. The molecule has 0 aliphatic rings. The summed E-state index contributed by atoms with van der Waals surface area (Å²) in [5.41, 5.74) is 1.04. The quantitative estimate of drug-likeness (QED) is 0.686. The van der Waals surface area contributed by atoms with Crippen molar-refractivity contribution >= 4 is 39.3 Å². The van der Waals surface area contributed by atoms with Crippen molar-refractivity contribution in [2.24, 2.45) is 0 Å². The van der Waals surface area contributed by atoms with E-state index < -0.39 is 0 Å². The van der Waals surface area contributed by atoms with Crippen LogP contribution in [0.15, 0.2) is 51.8 Å². The third kappa shape index (κ3) is 4.99. The summed E-state index contributed by atoms with van der Waals surface area (Å²) in [5, 5.41) is 3.48. The van der Waals surface area contributed by atoms with Crippen LogP contribution >= 0.6 is 39.3 Å². The van der Waals surface area contributed by atoms with Gasteiger partial charge in [0.05, 0.1) is 5.02 Å². The molecule has 0 heterocycles. The number of hydrogen-bond acceptors (Lipinski definition) is 2. The van der Waals surface area contributed by atoms with Gasteiger partial charge in [0.15, 0.2) is 0 Å². The first-order valence-electron chi connectivity index (χ1n) is 6.58. The zero-order chi connectivity index (χ0) is 15.2. The Balaban J connectivity index is 1.97. The fourth-order valence-electron chi connectivity index (χ4n) is 1.95. The fourth-order valence-corrected chi connectivity index (χ4v) is 3.82. The third-order valence-electron chi connectivity index (χ3n) is 3.15. The molecule has 0 radical (unpaired) electrons. The smallest absolute Gasteiger partial charge is 0.141 e. The highest BCUT2D eigenvalue weighted by Crippen LogP contribution is 2.28. The summed E-state index contributed by atoms with van der Waals surface area (Å²) >= 11 is 11.2. The maximum Gasteiger partial charge on any atom is 0.141 e. The summed E-state index contributed by atoms with van der Waals surface area (Å²) < 4.78 is 14.3. The van der Waals surface area contributed by atoms with Crippen LogP contribution in [0.25, 0.3) is 0 Å². The molecule has 0 aliphatic heterocycles. The predicted molar refractivity (Wildman–Crippen MR) is 92.8 cm³/mol. The standard InChI is InChI=1S/C16H16BrClFNS/c1-20-12(8-11-6-7-15(19)14(18)9-11)10-21-16-5-3-2-4-13(16)17/h2-7,9,12,20H,8,10H2,1H3. The highest BCUT2D eigenvalue weighted by molar-refractivity contribution is 9.10. The molecule has 1 N–H and O–H groups in total. The summed E-state index contributed by atoms with van der Waals surface area (Å²) in [4.78, 5) is 1.22. The second kappa shape index (κ2) is 8.18. The molecule has 0 aromatic heterocycles. The Bertz CT molecular complexity index is 609. The molecule has 112 valence electrons. The number of benzene rings is 2. The topological polar surface area (TPSA) is 12.0 Å². The van der Waals surface area contributed by atoms with Crippen LogP contribution < -0.4 is 5.32 Å². The summed E-state index contributed by atoms with van der Waals surface area (Å²) in [6.45, 7) is 0. The average molecular weight is 389 g/mol. The van der Waals surface area contributed by atoms with Gasteiger partial charge in [-0.25, -0.2) is 4.39 Å². The van der Waals surface area contributed by atoms with E-state index in [1.165, 1.54) is 11.0 Å². The van der Waals surface area contributed by atoms with Crippen molar-refractivity contribution in [3.05, 3.63) is 63.3 Å². The summed E-state index contributed by atoms with van der Waals surface area (Å²) in [6, 6.07) is 13.4. The maximum absolute atomic E-state index is 13.2. The average Bonchev–Trinajstić information content (AvgIpc) is 2.48. The van der Waals surface area contributed by atoms with Crippen LogP contribution in [0.1, 0.15) is 5.56 Å². The van der Waals surface area contributed by atoms with Gasteiger partial charge in [-0.3, -0.25) is 0 Å². The van der Waals surface area contributed by atoms with E-state index in [-0.39, 0.29) is 10.8 Å². The van der Waals surface area contributed by atoms with Gasteiger partial charge < -0.3 is 5.32 Å². The van der Waals surface area contributed by atoms with Crippen molar-refractivity contribution in [1.29, 1.82) is 0 Å². The molecule has 0 aliphatic carbocycles. The van der Waals surface area contributed by atoms with Crippen LogP contribution in [0.2, 0.25) is 5.02 Å². The van der Waals surface area contributed by atoms with Crippen LogP contribution in [-0.4, -0.2) is 18.8 Å². The molecule has 21 heavy (non-hydrogen) atoms. The first kappa shape index (κ1) is 16.8. The van der Waals surface area contributed by atoms with Crippen molar-refractivity contribution in [1.82, 2.24) is 5.32 Å². The number of nitrogens with one attached hydrogen (secondary N) is 1. The van der Waals surface area contributed by atoms with Crippen molar-refractivity contribution in [3.8, 4) is 0 Å². The lowest BCUT2D eigenvalue weighted by Gasteiger charge is -2.16. The fraction of sp³-hybridized carbons (Fsp3) is 0.250. The van der Waals surface area contributed by atoms with Crippen molar-refractivity contribution in [3.63, 3.8) is 0 Å². The minimum Gasteiger partial charge on any atom is -0.316 e. The first-order valence-corrected chi connectivity index (χ1v) is 8.74. The van der Waals surface area contributed by atoms with Crippen LogP contribution in [-0.2, 0) is 6.42 Å². The van der Waals surface area contributed by atoms with Crippen LogP contribution in [0, 0.1) is 5.82 Å². The zero-order valence-electron chi connectivity index (χ0n) is 11.6. The molecule has 5 heteroatoms. The molecule has 0 saturated heterocycles. The Labute approximate surface area is 142 Å². The van der Waals surface area contributed by atoms with Crippen LogP contribution in [0.3, 0.4) is 0 Å². The number of thioether (sulfide) groups is 1. The lowest BCUT2D eigenvalue weighted by atomic mass is 10.1. The van der Waals surface area contributed by atoms with Crippen molar-refractivity contribution < 1.29 is 4.39 Å². The molecule has 0 saturated carbocycles. The van der Waals surface area contributed by atoms with E-state index in [9.17, 15) is 4.39 Å². The molecule has 2 aromatic rings. The Hall–Kier alpha value is -0.550. The van der Waals surface area contributed by atoms with Gasteiger partial charge in [0, 0.05) is 21.2 Å². The van der Waals surface area contributed by atoms with Gasteiger partial charge in [0.1, 0.15) is 5.82 Å². The second-order valence-electron chi connectivity index (χ2n) is 4.68. The molecule has 0 fully saturated rings. The van der Waals surface area contributed by atoms with Gasteiger partial charge in [0.2, 0.25) is 0 Å². The van der Waals surface area contributed by atoms with Crippen molar-refractivity contribution in [2.45, 2.75) is 17.4 Å². The van der Waals surface area contributed by atoms with E-state index in [4.69, 9.17) is 11.6 Å². The summed E-state index contributed by atoms with van der Waals surface area (Å²) in [5.74, 6) is 0.553. The van der Waals surface area contributed by atoms with Crippen molar-refractivity contribution in [2.75, 3.05) is 12.8 Å². The predicted octanol–water partition coefficient (Wildman–Crippen LogP) is 5.16. The molecule has 1 atom stereocenters. The lowest BCUT2D eigenvalue weighted by Crippen LogP contribution is -2.30. The summed E-state index contributed by atoms with van der Waals surface area (Å²) in [7, 11) is 1.94. The molecule has 0 spiro atoms. The van der Waals surface area contributed by atoms with E-state index in [0.29, 0.717) is 6.04 Å². The Morgan fingerprint density at radius 1 is 1.29 bits per heavy atom. The molecular formula is C16H16BrClFNS. The first-order chi connectivity index (χ1) is 10.1. The normalized spacial score (nSPS) is 12.4. The highest BCUT2D eigenvalue weighted by Gasteiger charge is 2.10. The third-order valence-corrected chi connectivity index (χ3v) is 5.63. The van der Waals surface area contributed by atoms with Gasteiger partial charge in [-0.15, -0.1) is 11.8 Å². The molecule has 1 unspecified atom stereocenters. The van der Waals surface area contributed by atoms with E-state index in [2.05, 4.69) is 27.3 Å². The van der Waals surface area contributed by atoms with Crippen LogP contribution in [0.5, 0.6) is 0 Å². The van der Waals surface area contributed by atoms with Gasteiger partial charge in [-0.1, -0.05) is 29.8 Å². The Kier molecular flexibility index (Phi) is 6.55. The van der Waals surface area contributed by atoms with Gasteiger partial charge >= 0.3 is 0 Å². The lowest BCUT2D eigenvalue weighted by molar-refractivity contribution is 0.610. The van der Waals surface area contributed by atoms with E-state index in [1.54, 1.807) is 23.9 Å². The van der Waals surface area contributed by atoms with Crippen LogP contribution in [0.4, 0.5) is 4.39 Å². The molecule has 0 amide bonds. The molecule has 1 nitrogen and oxygen atoms in total. The van der Waals surface area contributed by atoms with Gasteiger partial charge in [0.25, 0.3) is 0 Å². The van der Waals surface area contributed by atoms with Gasteiger partial charge in [-0.05, 0) is 59.2 Å². The van der Waals surface area contributed by atoms with Gasteiger partial charge in [-0.2, -0.15) is 0 Å². The van der Waals surface area contributed by atoms with E-state index in [1.807, 2.05) is 25.2 Å². The number of likely N-dealkylation sites (N-methyl/N-ethyl adjacent to an activating group) is 1. The minimum atomic E-state index is -0.371. The SMILES string of the molecule is CNC(CSc1ccccc1Br)Cc1ccc(F)c(Cl)c1. The minimum absolute atomic E-state index is 0.181. The molecule has 0 bridgehead atoms. The summed E-state index contributed by atoms with van der Waals surface area (Å²) in [6.07, 6.45) is 0.813. The van der Waals surface area contributed by atoms with E-state index in [0.717, 1.165) is 22.2 Å². The molecule has 2 rings (SSSR count). The molecule has 2 aromatic carbocycles. The number of halogens is 3. The largest absolute Gasteiger partial charge is 0.316 e. The number of rotatable bonds is 6. The highest BCUT2D eigenvalue weighted by atomic mass is 79.9. The Morgan fingerprint density at radius 2 is 2.05 bits per heavy atom. The Morgan fingerprint density at radius 3 is 2.71 bits per heavy atom. The second-order valence-corrected chi connectivity index (χ2v) is 7.00. The number of hydrogen-bond donors (Lipinski definition) is 1. The monoisotopic (exact) mass is 387 g/mol. The molecular weight excluding hydrogens is 373 g/mol. The van der Waals surface area contributed by atoms with E-state index >= 15 is 0 Å².